The first-order valence-electron chi connectivity index (χ1n) is 9.57. The molecule has 2 aromatic carbocycles. The summed E-state index contributed by atoms with van der Waals surface area (Å²) in [6, 6.07) is 11.6. The lowest BCUT2D eigenvalue weighted by molar-refractivity contribution is -0.141. The van der Waals surface area contributed by atoms with Crippen molar-refractivity contribution in [3.05, 3.63) is 58.7 Å². The van der Waals surface area contributed by atoms with Crippen LogP contribution in [0.1, 0.15) is 42.0 Å². The molecule has 0 fully saturated rings. The van der Waals surface area contributed by atoms with Gasteiger partial charge in [-0.15, -0.1) is 0 Å². The molecule has 28 heavy (non-hydrogen) atoms. The van der Waals surface area contributed by atoms with Gasteiger partial charge in [-0.05, 0) is 51.8 Å². The number of anilines is 1. The van der Waals surface area contributed by atoms with Gasteiger partial charge in [-0.25, -0.2) is 0 Å². The number of aryl methyl sites for hydroxylation is 3. The van der Waals surface area contributed by atoms with Crippen LogP contribution in [0.3, 0.4) is 0 Å². The number of amides is 1. The van der Waals surface area contributed by atoms with Crippen LogP contribution in [0.25, 0.3) is 0 Å². The lowest BCUT2D eigenvalue weighted by Crippen LogP contribution is -2.42. The third kappa shape index (κ3) is 3.80. The van der Waals surface area contributed by atoms with Gasteiger partial charge in [0.25, 0.3) is 5.91 Å². The molecule has 0 bridgehead atoms. The lowest BCUT2D eigenvalue weighted by Gasteiger charge is -2.22. The summed E-state index contributed by atoms with van der Waals surface area (Å²) < 4.78 is 5.76. The minimum atomic E-state index is -1.78. The summed E-state index contributed by atoms with van der Waals surface area (Å²) in [5.41, 5.74) is 2.51. The predicted molar refractivity (Wildman–Crippen MR) is 109 cm³/mol. The summed E-state index contributed by atoms with van der Waals surface area (Å²) >= 11 is 0. The average Bonchev–Trinajstić information content (AvgIpc) is 2.81. The van der Waals surface area contributed by atoms with Gasteiger partial charge in [-0.2, -0.15) is 0 Å². The quantitative estimate of drug-likeness (QED) is 0.744. The maximum Gasteiger partial charge on any atom is 0.264 e. The number of carbonyl (C=O) groups excluding carboxylic acids is 2. The average molecular weight is 381 g/mol. The molecule has 1 amide bonds. The molecule has 1 heterocycles. The van der Waals surface area contributed by atoms with E-state index in [1.54, 1.807) is 4.90 Å². The van der Waals surface area contributed by atoms with Gasteiger partial charge in [0.05, 0.1) is 12.3 Å². The number of ether oxygens (including phenoxy) is 1. The van der Waals surface area contributed by atoms with Gasteiger partial charge in [-0.1, -0.05) is 35.4 Å². The van der Waals surface area contributed by atoms with Crippen LogP contribution in [0, 0.1) is 20.8 Å². The van der Waals surface area contributed by atoms with Crippen LogP contribution in [0.5, 0.6) is 5.75 Å². The second-order valence-corrected chi connectivity index (χ2v) is 7.69. The summed E-state index contributed by atoms with van der Waals surface area (Å²) in [4.78, 5) is 26.4. The molecule has 1 aliphatic heterocycles. The molecular weight excluding hydrogens is 354 g/mol. The van der Waals surface area contributed by atoms with Crippen molar-refractivity contribution < 1.29 is 19.4 Å². The van der Waals surface area contributed by atoms with Gasteiger partial charge < -0.3 is 14.7 Å². The molecule has 2 aromatic rings. The topological polar surface area (TPSA) is 66.8 Å². The molecule has 148 valence electrons. The van der Waals surface area contributed by atoms with Crippen molar-refractivity contribution >= 4 is 17.4 Å². The number of fused-ring (bicyclic) bond motifs is 1. The van der Waals surface area contributed by atoms with E-state index in [-0.39, 0.29) is 12.2 Å². The number of nitrogens with zero attached hydrogens (tertiary/aromatic N) is 1. The molecule has 1 aliphatic rings. The smallest absolute Gasteiger partial charge is 0.264 e. The number of Topliss-reactive ketones (excluding diaryl/α,β-unsaturated/α-hetero) is 1. The van der Waals surface area contributed by atoms with Gasteiger partial charge in [0.15, 0.2) is 5.60 Å². The van der Waals surface area contributed by atoms with Gasteiger partial charge >= 0.3 is 0 Å². The molecule has 5 nitrogen and oxygen atoms in total. The molecule has 1 atom stereocenters. The molecule has 0 radical (unpaired) electrons. The van der Waals surface area contributed by atoms with E-state index in [2.05, 4.69) is 0 Å². The Morgan fingerprint density at radius 3 is 2.43 bits per heavy atom. The third-order valence-electron chi connectivity index (χ3n) is 5.08. The monoisotopic (exact) mass is 381 g/mol. The fourth-order valence-electron chi connectivity index (χ4n) is 3.87. The number of rotatable bonds is 7. The first-order chi connectivity index (χ1) is 13.2. The number of hydrogen-bond acceptors (Lipinski definition) is 4. The summed E-state index contributed by atoms with van der Waals surface area (Å²) in [5, 5.41) is 11.1. The summed E-state index contributed by atoms with van der Waals surface area (Å²) in [5.74, 6) is 0.144. The number of aliphatic hydroxyl groups is 1. The molecule has 0 saturated heterocycles. The van der Waals surface area contributed by atoms with Crippen molar-refractivity contribution in [2.45, 2.75) is 46.1 Å². The zero-order chi connectivity index (χ0) is 20.5. The fourth-order valence-corrected chi connectivity index (χ4v) is 3.87. The zero-order valence-corrected chi connectivity index (χ0v) is 16.9. The van der Waals surface area contributed by atoms with Crippen LogP contribution in [-0.4, -0.2) is 29.9 Å². The Labute approximate surface area is 165 Å². The molecule has 5 heteroatoms. The lowest BCUT2D eigenvalue weighted by atomic mass is 9.88. The second-order valence-electron chi connectivity index (χ2n) is 7.69. The van der Waals surface area contributed by atoms with Gasteiger partial charge in [0.1, 0.15) is 11.5 Å². The van der Waals surface area contributed by atoms with Crippen LogP contribution in [0.4, 0.5) is 5.69 Å². The molecule has 1 N–H and O–H groups in total. The summed E-state index contributed by atoms with van der Waals surface area (Å²) in [6.45, 7) is 8.14. The normalized spacial score (nSPS) is 18.3. The standard InChI is InChI=1S/C23H27NO4/c1-15-6-8-19(9-7-15)28-11-5-10-24-21-17(3)12-16(2)13-20(21)23(27,22(24)26)14-18(4)25/h6-9,12-13,27H,5,10-11,14H2,1-4H3. The Balaban J connectivity index is 1.77. The van der Waals surface area contributed by atoms with Crippen LogP contribution in [-0.2, 0) is 15.2 Å². The Morgan fingerprint density at radius 1 is 1.11 bits per heavy atom. The fraction of sp³-hybridized carbons (Fsp3) is 0.391. The Bertz CT molecular complexity index is 904. The van der Waals surface area contributed by atoms with Crippen molar-refractivity contribution in [1.82, 2.24) is 0 Å². The van der Waals surface area contributed by atoms with E-state index in [0.717, 1.165) is 22.6 Å². The van der Waals surface area contributed by atoms with E-state index in [1.165, 1.54) is 12.5 Å². The summed E-state index contributed by atoms with van der Waals surface area (Å²) in [6.07, 6.45) is 0.403. The van der Waals surface area contributed by atoms with E-state index in [9.17, 15) is 14.7 Å². The van der Waals surface area contributed by atoms with Crippen LogP contribution >= 0.6 is 0 Å². The summed E-state index contributed by atoms with van der Waals surface area (Å²) in [7, 11) is 0. The first-order valence-corrected chi connectivity index (χ1v) is 9.57. The van der Waals surface area contributed by atoms with E-state index < -0.39 is 11.5 Å². The minimum Gasteiger partial charge on any atom is -0.494 e. The highest BCUT2D eigenvalue weighted by Gasteiger charge is 2.50. The van der Waals surface area contributed by atoms with Gasteiger partial charge in [0, 0.05) is 18.5 Å². The maximum absolute atomic E-state index is 13.1. The van der Waals surface area contributed by atoms with Crippen molar-refractivity contribution in [1.29, 1.82) is 0 Å². The van der Waals surface area contributed by atoms with Crippen LogP contribution in [0.2, 0.25) is 0 Å². The van der Waals surface area contributed by atoms with Gasteiger partial charge in [0.2, 0.25) is 0 Å². The zero-order valence-electron chi connectivity index (χ0n) is 16.9. The Morgan fingerprint density at radius 2 is 1.79 bits per heavy atom. The van der Waals surface area contributed by atoms with Gasteiger partial charge in [-0.3, -0.25) is 9.59 Å². The number of carbonyl (C=O) groups is 2. The van der Waals surface area contributed by atoms with E-state index >= 15 is 0 Å². The van der Waals surface area contributed by atoms with Crippen molar-refractivity contribution in [2.75, 3.05) is 18.1 Å². The van der Waals surface area contributed by atoms with E-state index in [0.29, 0.717) is 25.1 Å². The number of hydrogen-bond donors (Lipinski definition) is 1. The van der Waals surface area contributed by atoms with Crippen LogP contribution in [0.15, 0.2) is 36.4 Å². The third-order valence-corrected chi connectivity index (χ3v) is 5.08. The highest BCUT2D eigenvalue weighted by atomic mass is 16.5. The molecule has 0 saturated carbocycles. The maximum atomic E-state index is 13.1. The molecule has 0 aromatic heterocycles. The SMILES string of the molecule is CC(=O)CC1(O)C(=O)N(CCCOc2ccc(C)cc2)c2c(C)cc(C)cc21. The first kappa shape index (κ1) is 20.1. The highest BCUT2D eigenvalue weighted by Crippen LogP contribution is 2.45. The highest BCUT2D eigenvalue weighted by molar-refractivity contribution is 6.09. The van der Waals surface area contributed by atoms with Crippen molar-refractivity contribution in [3.8, 4) is 5.75 Å². The molecule has 0 spiro atoms. The molecule has 0 aliphatic carbocycles. The van der Waals surface area contributed by atoms with Crippen molar-refractivity contribution in [3.63, 3.8) is 0 Å². The Kier molecular flexibility index (Phi) is 5.57. The Hall–Kier alpha value is -2.66. The van der Waals surface area contributed by atoms with Crippen molar-refractivity contribution in [2.24, 2.45) is 0 Å². The molecule has 1 unspecified atom stereocenters. The number of ketones is 1. The predicted octanol–water partition coefficient (Wildman–Crippen LogP) is 3.59. The largest absolute Gasteiger partial charge is 0.494 e. The van der Waals surface area contributed by atoms with Crippen LogP contribution < -0.4 is 9.64 Å². The number of benzene rings is 2. The van der Waals surface area contributed by atoms with E-state index in [1.807, 2.05) is 57.2 Å². The minimum absolute atomic E-state index is 0.210. The molecular formula is C23H27NO4. The second kappa shape index (κ2) is 7.76. The molecule has 3 rings (SSSR count). The van der Waals surface area contributed by atoms with E-state index in [4.69, 9.17) is 4.74 Å².